The number of ether oxygens (including phenoxy) is 2. The highest BCUT2D eigenvalue weighted by molar-refractivity contribution is 5.82. The summed E-state index contributed by atoms with van der Waals surface area (Å²) >= 11 is 0. The SMILES string of the molecule is O=C(NCc1ccc(CN2CCOCC2)cc1)C(Oc1ccccc1)c1ccccc1. The fourth-order valence-electron chi connectivity index (χ4n) is 3.60. The van der Waals surface area contributed by atoms with E-state index < -0.39 is 6.10 Å². The zero-order chi connectivity index (χ0) is 21.3. The predicted octanol–water partition coefficient (Wildman–Crippen LogP) is 3.96. The monoisotopic (exact) mass is 416 g/mol. The van der Waals surface area contributed by atoms with E-state index in [0.717, 1.165) is 44.0 Å². The van der Waals surface area contributed by atoms with E-state index in [1.54, 1.807) is 0 Å². The van der Waals surface area contributed by atoms with Crippen molar-refractivity contribution in [2.24, 2.45) is 0 Å². The maximum absolute atomic E-state index is 13.0. The minimum atomic E-state index is -0.704. The fraction of sp³-hybridized carbons (Fsp3) is 0.269. The number of carbonyl (C=O) groups excluding carboxylic acids is 1. The zero-order valence-electron chi connectivity index (χ0n) is 17.6. The molecule has 3 aromatic rings. The van der Waals surface area contributed by atoms with Crippen molar-refractivity contribution in [1.82, 2.24) is 10.2 Å². The van der Waals surface area contributed by atoms with Gasteiger partial charge in [0.2, 0.25) is 6.10 Å². The Hall–Kier alpha value is -3.15. The lowest BCUT2D eigenvalue weighted by Gasteiger charge is -2.26. The molecule has 0 aliphatic carbocycles. The summed E-state index contributed by atoms with van der Waals surface area (Å²) < 4.78 is 11.4. The van der Waals surface area contributed by atoms with Gasteiger partial charge in [0.25, 0.3) is 5.91 Å². The van der Waals surface area contributed by atoms with Crippen LogP contribution in [0.1, 0.15) is 22.8 Å². The second-order valence-electron chi connectivity index (χ2n) is 7.64. The van der Waals surface area contributed by atoms with Crippen LogP contribution < -0.4 is 10.1 Å². The van der Waals surface area contributed by atoms with Gasteiger partial charge in [0.05, 0.1) is 13.2 Å². The van der Waals surface area contributed by atoms with Crippen LogP contribution in [0.2, 0.25) is 0 Å². The molecule has 160 valence electrons. The zero-order valence-corrected chi connectivity index (χ0v) is 17.6. The third-order valence-corrected chi connectivity index (χ3v) is 5.34. The van der Waals surface area contributed by atoms with Crippen LogP contribution in [0, 0.1) is 0 Å². The number of nitrogens with zero attached hydrogens (tertiary/aromatic N) is 1. The summed E-state index contributed by atoms with van der Waals surface area (Å²) in [5.41, 5.74) is 3.15. The van der Waals surface area contributed by atoms with E-state index in [1.165, 1.54) is 5.56 Å². The van der Waals surface area contributed by atoms with E-state index in [2.05, 4.69) is 34.5 Å². The maximum Gasteiger partial charge on any atom is 0.266 e. The molecular formula is C26H28N2O3. The first-order valence-corrected chi connectivity index (χ1v) is 10.7. The van der Waals surface area contributed by atoms with Gasteiger partial charge in [-0.1, -0.05) is 72.8 Å². The van der Waals surface area contributed by atoms with Crippen LogP contribution in [0.3, 0.4) is 0 Å². The Morgan fingerprint density at radius 2 is 1.48 bits per heavy atom. The van der Waals surface area contributed by atoms with Crippen LogP contribution in [0.25, 0.3) is 0 Å². The van der Waals surface area contributed by atoms with Crippen LogP contribution in [0.4, 0.5) is 0 Å². The molecule has 1 fully saturated rings. The molecule has 1 N–H and O–H groups in total. The van der Waals surface area contributed by atoms with E-state index in [1.807, 2.05) is 60.7 Å². The van der Waals surface area contributed by atoms with E-state index in [-0.39, 0.29) is 5.91 Å². The van der Waals surface area contributed by atoms with Crippen molar-refractivity contribution in [1.29, 1.82) is 0 Å². The van der Waals surface area contributed by atoms with Crippen LogP contribution in [-0.4, -0.2) is 37.1 Å². The third-order valence-electron chi connectivity index (χ3n) is 5.34. The topological polar surface area (TPSA) is 50.8 Å². The smallest absolute Gasteiger partial charge is 0.266 e. The molecule has 4 rings (SSSR count). The standard InChI is InChI=1S/C26H28N2O3/c29-26(25(23-7-3-1-4-8-23)31-24-9-5-2-6-10-24)27-19-21-11-13-22(14-12-21)20-28-15-17-30-18-16-28/h1-14,25H,15-20H2,(H,27,29). The molecule has 1 heterocycles. The summed E-state index contributed by atoms with van der Waals surface area (Å²) in [5.74, 6) is 0.506. The van der Waals surface area contributed by atoms with Crippen molar-refractivity contribution >= 4 is 5.91 Å². The molecule has 1 aliphatic heterocycles. The van der Waals surface area contributed by atoms with Crippen molar-refractivity contribution in [2.75, 3.05) is 26.3 Å². The number of hydrogen-bond donors (Lipinski definition) is 1. The van der Waals surface area contributed by atoms with Gasteiger partial charge in [0.1, 0.15) is 5.75 Å². The molecule has 1 aliphatic rings. The van der Waals surface area contributed by atoms with Crippen molar-refractivity contribution in [3.8, 4) is 5.75 Å². The highest BCUT2D eigenvalue weighted by Gasteiger charge is 2.22. The second-order valence-corrected chi connectivity index (χ2v) is 7.64. The summed E-state index contributed by atoms with van der Waals surface area (Å²) in [5, 5.41) is 3.03. The Balaban J connectivity index is 1.37. The maximum atomic E-state index is 13.0. The number of morpholine rings is 1. The average molecular weight is 417 g/mol. The normalized spacial score (nSPS) is 15.2. The van der Waals surface area contributed by atoms with E-state index >= 15 is 0 Å². The largest absolute Gasteiger partial charge is 0.476 e. The molecule has 1 unspecified atom stereocenters. The van der Waals surface area contributed by atoms with Crippen LogP contribution in [0.5, 0.6) is 5.75 Å². The Kier molecular flexibility index (Phi) is 7.32. The first kappa shape index (κ1) is 21.1. The molecule has 1 atom stereocenters. The van der Waals surface area contributed by atoms with Gasteiger partial charge in [0, 0.05) is 31.7 Å². The number of carbonyl (C=O) groups is 1. The number of hydrogen-bond acceptors (Lipinski definition) is 4. The van der Waals surface area contributed by atoms with Gasteiger partial charge in [-0.25, -0.2) is 0 Å². The Bertz CT molecular complexity index is 939. The van der Waals surface area contributed by atoms with Gasteiger partial charge >= 0.3 is 0 Å². The number of para-hydroxylation sites is 1. The Labute approximate surface area is 183 Å². The summed E-state index contributed by atoms with van der Waals surface area (Å²) in [6.07, 6.45) is -0.704. The Morgan fingerprint density at radius 1 is 0.871 bits per heavy atom. The fourth-order valence-corrected chi connectivity index (χ4v) is 3.60. The number of amides is 1. The quantitative estimate of drug-likeness (QED) is 0.604. The average Bonchev–Trinajstić information content (AvgIpc) is 2.84. The summed E-state index contributed by atoms with van der Waals surface area (Å²) in [6, 6.07) is 27.4. The number of benzene rings is 3. The molecule has 1 saturated heterocycles. The van der Waals surface area contributed by atoms with E-state index in [4.69, 9.17) is 9.47 Å². The minimum absolute atomic E-state index is 0.160. The van der Waals surface area contributed by atoms with Crippen molar-refractivity contribution in [3.05, 3.63) is 102 Å². The molecule has 5 heteroatoms. The molecule has 0 bridgehead atoms. The molecule has 5 nitrogen and oxygen atoms in total. The van der Waals surface area contributed by atoms with E-state index in [9.17, 15) is 4.79 Å². The summed E-state index contributed by atoms with van der Waals surface area (Å²) in [6.45, 7) is 4.94. The molecule has 0 aromatic heterocycles. The molecule has 0 radical (unpaired) electrons. The van der Waals surface area contributed by atoms with Gasteiger partial charge in [-0.3, -0.25) is 9.69 Å². The van der Waals surface area contributed by atoms with Crippen molar-refractivity contribution in [2.45, 2.75) is 19.2 Å². The third kappa shape index (κ3) is 6.17. The van der Waals surface area contributed by atoms with Crippen LogP contribution in [0.15, 0.2) is 84.9 Å². The highest BCUT2D eigenvalue weighted by Crippen LogP contribution is 2.22. The van der Waals surface area contributed by atoms with Crippen molar-refractivity contribution < 1.29 is 14.3 Å². The molecular weight excluding hydrogens is 388 g/mol. The Morgan fingerprint density at radius 3 is 2.16 bits per heavy atom. The molecule has 31 heavy (non-hydrogen) atoms. The number of nitrogens with one attached hydrogen (secondary N) is 1. The van der Waals surface area contributed by atoms with Gasteiger partial charge in [-0.2, -0.15) is 0 Å². The van der Waals surface area contributed by atoms with Gasteiger partial charge in [0.15, 0.2) is 0 Å². The summed E-state index contributed by atoms with van der Waals surface area (Å²) in [7, 11) is 0. The summed E-state index contributed by atoms with van der Waals surface area (Å²) in [4.78, 5) is 15.4. The van der Waals surface area contributed by atoms with Crippen LogP contribution in [-0.2, 0) is 22.6 Å². The van der Waals surface area contributed by atoms with Gasteiger partial charge < -0.3 is 14.8 Å². The predicted molar refractivity (Wildman–Crippen MR) is 121 cm³/mol. The number of rotatable bonds is 8. The lowest BCUT2D eigenvalue weighted by molar-refractivity contribution is -0.128. The van der Waals surface area contributed by atoms with Crippen LogP contribution >= 0.6 is 0 Å². The lowest BCUT2D eigenvalue weighted by Crippen LogP contribution is -2.35. The second kappa shape index (κ2) is 10.8. The minimum Gasteiger partial charge on any atom is -0.476 e. The molecule has 0 saturated carbocycles. The first-order chi connectivity index (χ1) is 15.3. The molecule has 3 aromatic carbocycles. The van der Waals surface area contributed by atoms with Gasteiger partial charge in [-0.05, 0) is 23.3 Å². The molecule has 1 amide bonds. The van der Waals surface area contributed by atoms with Gasteiger partial charge in [-0.15, -0.1) is 0 Å². The lowest BCUT2D eigenvalue weighted by atomic mass is 10.1. The highest BCUT2D eigenvalue weighted by atomic mass is 16.5. The van der Waals surface area contributed by atoms with Crippen molar-refractivity contribution in [3.63, 3.8) is 0 Å². The van der Waals surface area contributed by atoms with E-state index in [0.29, 0.717) is 12.3 Å². The first-order valence-electron chi connectivity index (χ1n) is 10.7. The molecule has 0 spiro atoms.